The molecule has 0 spiro atoms. The van der Waals surface area contributed by atoms with Crippen molar-refractivity contribution in [3.8, 4) is 0 Å². The summed E-state index contributed by atoms with van der Waals surface area (Å²) in [4.78, 5) is 2.17. The van der Waals surface area contributed by atoms with E-state index >= 15 is 0 Å². The van der Waals surface area contributed by atoms with Crippen molar-refractivity contribution >= 4 is 5.69 Å². The molecular formula is C18H19F3N2O. The second kappa shape index (κ2) is 6.83. The van der Waals surface area contributed by atoms with Crippen molar-refractivity contribution in [3.05, 3.63) is 65.2 Å². The fraction of sp³-hybridized carbons (Fsp3) is 0.333. The molecule has 0 aliphatic carbocycles. The quantitative estimate of drug-likeness (QED) is 0.865. The third-order valence-electron chi connectivity index (χ3n) is 4.09. The van der Waals surface area contributed by atoms with Gasteiger partial charge < -0.3 is 10.5 Å². The SMILES string of the molecule is Nc1cccc(CN2CCOC(c3cccc(C(F)(F)F)c3)C2)c1. The molecule has 3 rings (SSSR count). The summed E-state index contributed by atoms with van der Waals surface area (Å²) in [6.45, 7) is 2.48. The highest BCUT2D eigenvalue weighted by molar-refractivity contribution is 5.40. The Morgan fingerprint density at radius 2 is 1.92 bits per heavy atom. The molecule has 0 aromatic heterocycles. The Hall–Kier alpha value is -2.05. The predicted molar refractivity (Wildman–Crippen MR) is 86.3 cm³/mol. The van der Waals surface area contributed by atoms with Crippen molar-refractivity contribution in [1.29, 1.82) is 0 Å². The van der Waals surface area contributed by atoms with Gasteiger partial charge in [-0.3, -0.25) is 4.90 Å². The number of nitrogens with two attached hydrogens (primary N) is 1. The average molecular weight is 336 g/mol. The summed E-state index contributed by atoms with van der Waals surface area (Å²) in [7, 11) is 0. The summed E-state index contributed by atoms with van der Waals surface area (Å²) in [5.74, 6) is 0. The van der Waals surface area contributed by atoms with Gasteiger partial charge in [-0.25, -0.2) is 0 Å². The number of hydrogen-bond acceptors (Lipinski definition) is 3. The summed E-state index contributed by atoms with van der Waals surface area (Å²) in [6, 6.07) is 13.0. The van der Waals surface area contributed by atoms with Crippen LogP contribution in [0.1, 0.15) is 22.8 Å². The van der Waals surface area contributed by atoms with Gasteiger partial charge in [0.05, 0.1) is 18.3 Å². The largest absolute Gasteiger partial charge is 0.416 e. The van der Waals surface area contributed by atoms with E-state index in [2.05, 4.69) is 4.90 Å². The third-order valence-corrected chi connectivity index (χ3v) is 4.09. The average Bonchev–Trinajstić information content (AvgIpc) is 2.54. The zero-order chi connectivity index (χ0) is 17.2. The van der Waals surface area contributed by atoms with Crippen LogP contribution in [0.2, 0.25) is 0 Å². The van der Waals surface area contributed by atoms with Gasteiger partial charge in [-0.15, -0.1) is 0 Å². The lowest BCUT2D eigenvalue weighted by atomic mass is 10.0. The topological polar surface area (TPSA) is 38.5 Å². The highest BCUT2D eigenvalue weighted by Gasteiger charge is 2.31. The molecule has 24 heavy (non-hydrogen) atoms. The third kappa shape index (κ3) is 4.07. The van der Waals surface area contributed by atoms with Crippen LogP contribution in [0, 0.1) is 0 Å². The van der Waals surface area contributed by atoms with Crippen LogP contribution in [0.5, 0.6) is 0 Å². The summed E-state index contributed by atoms with van der Waals surface area (Å²) < 4.78 is 44.3. The Bertz CT molecular complexity index is 703. The second-order valence-electron chi connectivity index (χ2n) is 5.96. The molecular weight excluding hydrogens is 317 g/mol. The number of benzene rings is 2. The summed E-state index contributed by atoms with van der Waals surface area (Å²) >= 11 is 0. The van der Waals surface area contributed by atoms with Crippen LogP contribution in [-0.4, -0.2) is 24.6 Å². The molecule has 0 amide bonds. The van der Waals surface area contributed by atoms with E-state index < -0.39 is 11.7 Å². The van der Waals surface area contributed by atoms with Crippen molar-refractivity contribution in [2.24, 2.45) is 0 Å². The van der Waals surface area contributed by atoms with Gasteiger partial charge >= 0.3 is 6.18 Å². The minimum absolute atomic E-state index is 0.359. The van der Waals surface area contributed by atoms with E-state index in [1.807, 2.05) is 24.3 Å². The number of nitrogens with zero attached hydrogens (tertiary/aromatic N) is 1. The summed E-state index contributed by atoms with van der Waals surface area (Å²) in [5, 5.41) is 0. The number of ether oxygens (including phenoxy) is 1. The Balaban J connectivity index is 1.71. The van der Waals surface area contributed by atoms with Crippen molar-refractivity contribution in [2.45, 2.75) is 18.8 Å². The smallest absolute Gasteiger partial charge is 0.399 e. The van der Waals surface area contributed by atoms with Crippen LogP contribution < -0.4 is 5.73 Å². The van der Waals surface area contributed by atoms with E-state index in [0.29, 0.717) is 30.9 Å². The Labute approximate surface area is 138 Å². The molecule has 2 aromatic carbocycles. The van der Waals surface area contributed by atoms with Crippen LogP contribution in [0.4, 0.5) is 18.9 Å². The number of rotatable bonds is 3. The minimum Gasteiger partial charge on any atom is -0.399 e. The first-order valence-corrected chi connectivity index (χ1v) is 7.77. The summed E-state index contributed by atoms with van der Waals surface area (Å²) in [5.41, 5.74) is 7.49. The van der Waals surface area contributed by atoms with Crippen molar-refractivity contribution in [2.75, 3.05) is 25.4 Å². The van der Waals surface area contributed by atoms with Crippen LogP contribution >= 0.6 is 0 Å². The number of morpholine rings is 1. The maximum absolute atomic E-state index is 12.9. The summed E-state index contributed by atoms with van der Waals surface area (Å²) in [6.07, 6.45) is -4.70. The van der Waals surface area contributed by atoms with E-state index in [9.17, 15) is 13.2 Å². The number of alkyl halides is 3. The van der Waals surface area contributed by atoms with E-state index in [4.69, 9.17) is 10.5 Å². The molecule has 1 aliphatic heterocycles. The molecule has 1 atom stereocenters. The highest BCUT2D eigenvalue weighted by Crippen LogP contribution is 2.32. The van der Waals surface area contributed by atoms with Gasteiger partial charge in [-0.1, -0.05) is 24.3 Å². The fourth-order valence-corrected chi connectivity index (χ4v) is 2.91. The van der Waals surface area contributed by atoms with E-state index in [-0.39, 0.29) is 6.10 Å². The molecule has 1 fully saturated rings. The van der Waals surface area contributed by atoms with Gasteiger partial charge in [0.1, 0.15) is 0 Å². The number of halogens is 3. The Morgan fingerprint density at radius 3 is 2.67 bits per heavy atom. The maximum atomic E-state index is 12.9. The normalized spacial score (nSPS) is 19.4. The van der Waals surface area contributed by atoms with E-state index in [1.54, 1.807) is 6.07 Å². The molecule has 1 heterocycles. The predicted octanol–water partition coefficient (Wildman–Crippen LogP) is 3.86. The lowest BCUT2D eigenvalue weighted by molar-refractivity contribution is -0.137. The molecule has 0 bridgehead atoms. The highest BCUT2D eigenvalue weighted by atomic mass is 19.4. The Morgan fingerprint density at radius 1 is 1.12 bits per heavy atom. The zero-order valence-corrected chi connectivity index (χ0v) is 13.1. The Kier molecular flexibility index (Phi) is 4.78. The number of hydrogen-bond donors (Lipinski definition) is 1. The second-order valence-corrected chi connectivity index (χ2v) is 5.96. The molecule has 0 saturated carbocycles. The molecule has 1 unspecified atom stereocenters. The van der Waals surface area contributed by atoms with Gasteiger partial charge in [0, 0.05) is 25.3 Å². The molecule has 6 heteroatoms. The van der Waals surface area contributed by atoms with Gasteiger partial charge in [-0.05, 0) is 35.4 Å². The standard InChI is InChI=1S/C18H19F3N2O/c19-18(20,21)15-5-2-4-14(10-15)17-12-23(7-8-24-17)11-13-3-1-6-16(22)9-13/h1-6,9-10,17H,7-8,11-12,22H2. The monoisotopic (exact) mass is 336 g/mol. The first kappa shape index (κ1) is 16.8. The molecule has 2 aromatic rings. The van der Waals surface area contributed by atoms with Crippen molar-refractivity contribution in [3.63, 3.8) is 0 Å². The van der Waals surface area contributed by atoms with Gasteiger partial charge in [-0.2, -0.15) is 13.2 Å². The lowest BCUT2D eigenvalue weighted by Gasteiger charge is -2.33. The zero-order valence-electron chi connectivity index (χ0n) is 13.1. The molecule has 128 valence electrons. The fourth-order valence-electron chi connectivity index (χ4n) is 2.91. The molecule has 1 saturated heterocycles. The molecule has 3 nitrogen and oxygen atoms in total. The van der Waals surface area contributed by atoms with Gasteiger partial charge in [0.25, 0.3) is 0 Å². The van der Waals surface area contributed by atoms with E-state index in [0.717, 1.165) is 18.2 Å². The molecule has 0 radical (unpaired) electrons. The first-order valence-electron chi connectivity index (χ1n) is 7.77. The van der Waals surface area contributed by atoms with Crippen molar-refractivity contribution < 1.29 is 17.9 Å². The first-order chi connectivity index (χ1) is 11.4. The van der Waals surface area contributed by atoms with Crippen molar-refractivity contribution in [1.82, 2.24) is 4.90 Å². The minimum atomic E-state index is -4.34. The van der Waals surface area contributed by atoms with Gasteiger partial charge in [0.15, 0.2) is 0 Å². The maximum Gasteiger partial charge on any atom is 0.416 e. The number of anilines is 1. The van der Waals surface area contributed by atoms with Crippen LogP contribution in [0.15, 0.2) is 48.5 Å². The lowest BCUT2D eigenvalue weighted by Crippen LogP contribution is -2.37. The van der Waals surface area contributed by atoms with E-state index in [1.165, 1.54) is 12.1 Å². The molecule has 2 N–H and O–H groups in total. The van der Waals surface area contributed by atoms with Crippen LogP contribution in [0.25, 0.3) is 0 Å². The van der Waals surface area contributed by atoms with Crippen LogP contribution in [-0.2, 0) is 17.5 Å². The van der Waals surface area contributed by atoms with Crippen LogP contribution in [0.3, 0.4) is 0 Å². The number of nitrogen functional groups attached to an aromatic ring is 1. The molecule has 1 aliphatic rings. The van der Waals surface area contributed by atoms with Gasteiger partial charge in [0.2, 0.25) is 0 Å².